The van der Waals surface area contributed by atoms with Gasteiger partial charge in [0.1, 0.15) is 8.42 Å². The standard InChI is InChI=1S/C13H22N2O5S3/c1-4-14-11-9-15(6-5-7-20-2)23(18,19)13-10(11)8-12(21-13)22(3,16)17/h8,11,14H,4-7,9H2,1-3H3/t11-/m0/s1/i2D3,5D2,6D2,7D2. The summed E-state index contributed by atoms with van der Waals surface area (Å²) in [5, 5.41) is 2.88. The lowest BCUT2D eigenvalue weighted by Crippen LogP contribution is -2.43. The van der Waals surface area contributed by atoms with Crippen LogP contribution in [0.5, 0.6) is 0 Å². The summed E-state index contributed by atoms with van der Waals surface area (Å²) in [6.45, 7) is -6.19. The summed E-state index contributed by atoms with van der Waals surface area (Å²) in [5.41, 5.74) is 0.0617. The minimum absolute atomic E-state index is 0.0617. The zero-order valence-electron chi connectivity index (χ0n) is 21.3. The SMILES string of the molecule is [2H]C([2H])([2H])OC([2H])([2H])C([2H])([2H])C([2H])([2H])N1C[C@H](NCC)c2cc(S(C)(=O)=O)sc2S1(=O)=O. The molecular weight excluding hydrogens is 360 g/mol. The van der Waals surface area contributed by atoms with E-state index >= 15 is 0 Å². The largest absolute Gasteiger partial charge is 0.385 e. The van der Waals surface area contributed by atoms with Crippen LogP contribution in [0.4, 0.5) is 0 Å². The van der Waals surface area contributed by atoms with Crippen LogP contribution in [0.3, 0.4) is 0 Å². The van der Waals surface area contributed by atoms with Crippen molar-refractivity contribution in [1.29, 1.82) is 0 Å². The van der Waals surface area contributed by atoms with Crippen molar-refractivity contribution in [1.82, 2.24) is 9.62 Å². The molecule has 0 saturated carbocycles. The predicted molar refractivity (Wildman–Crippen MR) is 89.1 cm³/mol. The number of hydrogen-bond donors (Lipinski definition) is 1. The lowest BCUT2D eigenvalue weighted by Gasteiger charge is -2.32. The second kappa shape index (κ2) is 7.16. The van der Waals surface area contributed by atoms with Gasteiger partial charge in [-0.2, -0.15) is 4.31 Å². The first-order valence-electron chi connectivity index (χ1n) is 10.9. The fourth-order valence-corrected chi connectivity index (χ4v) is 6.31. The predicted octanol–water partition coefficient (Wildman–Crippen LogP) is 0.843. The highest BCUT2D eigenvalue weighted by Crippen LogP contribution is 2.40. The highest BCUT2D eigenvalue weighted by molar-refractivity contribution is 7.94. The number of ether oxygens (including phenoxy) is 1. The van der Waals surface area contributed by atoms with E-state index in [1.54, 1.807) is 6.92 Å². The first-order valence-corrected chi connectivity index (χ1v) is 10.5. The fourth-order valence-electron chi connectivity index (χ4n) is 2.09. The fraction of sp³-hybridized carbons (Fsp3) is 0.692. The van der Waals surface area contributed by atoms with Gasteiger partial charge in [-0.05, 0) is 19.0 Å². The molecule has 0 bridgehead atoms. The smallest absolute Gasteiger partial charge is 0.252 e. The molecule has 10 heteroatoms. The van der Waals surface area contributed by atoms with E-state index in [2.05, 4.69) is 10.1 Å². The molecular formula is C13H22N2O5S3. The van der Waals surface area contributed by atoms with Crippen molar-refractivity contribution in [2.45, 2.75) is 27.8 Å². The molecule has 2 rings (SSSR count). The summed E-state index contributed by atoms with van der Waals surface area (Å²) >= 11 is 0.365. The molecule has 132 valence electrons. The number of fused-ring (bicyclic) bond motifs is 1. The second-order valence-electron chi connectivity index (χ2n) is 4.67. The first kappa shape index (κ1) is 9.83. The average Bonchev–Trinajstić information content (AvgIpc) is 3.01. The molecule has 0 amide bonds. The van der Waals surface area contributed by atoms with E-state index in [0.717, 1.165) is 12.3 Å². The Kier molecular flexibility index (Phi) is 3.06. The van der Waals surface area contributed by atoms with Gasteiger partial charge in [0.25, 0.3) is 10.0 Å². The van der Waals surface area contributed by atoms with Gasteiger partial charge in [-0.1, -0.05) is 6.92 Å². The van der Waals surface area contributed by atoms with Gasteiger partial charge in [0.05, 0.1) is 6.85 Å². The highest BCUT2D eigenvalue weighted by atomic mass is 32.3. The average molecular weight is 392 g/mol. The third-order valence-electron chi connectivity index (χ3n) is 3.05. The lowest BCUT2D eigenvalue weighted by molar-refractivity contribution is 0.185. The summed E-state index contributed by atoms with van der Waals surface area (Å²) in [6.07, 6.45) is -2.93. The lowest BCUT2D eigenvalue weighted by atomic mass is 10.1. The number of likely N-dealkylation sites (N-methyl/N-ethyl adjacent to an activating group) is 1. The zero-order valence-corrected chi connectivity index (χ0v) is 14.7. The van der Waals surface area contributed by atoms with Gasteiger partial charge in [-0.25, -0.2) is 16.8 Å². The number of thiophene rings is 1. The summed E-state index contributed by atoms with van der Waals surface area (Å²) < 4.78 is 123. The van der Waals surface area contributed by atoms with Gasteiger partial charge in [0.2, 0.25) is 0 Å². The molecule has 0 saturated heterocycles. The van der Waals surface area contributed by atoms with Crippen molar-refractivity contribution < 1.29 is 33.9 Å². The van der Waals surface area contributed by atoms with Crippen LogP contribution in [0, 0.1) is 0 Å². The van der Waals surface area contributed by atoms with Crippen LogP contribution in [0.1, 0.15) is 37.2 Å². The maximum atomic E-state index is 13.2. The maximum Gasteiger partial charge on any atom is 0.252 e. The van der Waals surface area contributed by atoms with Crippen molar-refractivity contribution in [2.24, 2.45) is 0 Å². The molecule has 0 fully saturated rings. The van der Waals surface area contributed by atoms with Gasteiger partial charge >= 0.3 is 0 Å². The monoisotopic (exact) mass is 391 g/mol. The van der Waals surface area contributed by atoms with Crippen LogP contribution in [-0.2, 0) is 24.6 Å². The molecule has 1 N–H and O–H groups in total. The molecule has 0 aromatic carbocycles. The molecule has 23 heavy (non-hydrogen) atoms. The Morgan fingerprint density at radius 1 is 1.61 bits per heavy atom. The number of hydrogen-bond acceptors (Lipinski definition) is 7. The van der Waals surface area contributed by atoms with E-state index in [1.807, 2.05) is 0 Å². The molecule has 0 aliphatic carbocycles. The van der Waals surface area contributed by atoms with Gasteiger partial charge in [0.15, 0.2) is 9.84 Å². The molecule has 0 spiro atoms. The number of sulfonamides is 1. The van der Waals surface area contributed by atoms with Crippen LogP contribution < -0.4 is 5.32 Å². The van der Waals surface area contributed by atoms with Gasteiger partial charge in [0, 0.05) is 50.0 Å². The normalized spacial score (nSPS) is 29.5. The molecule has 1 aliphatic heterocycles. The Morgan fingerprint density at radius 3 is 2.96 bits per heavy atom. The number of nitrogens with one attached hydrogen (secondary N) is 1. The van der Waals surface area contributed by atoms with Crippen LogP contribution in [0.25, 0.3) is 0 Å². The number of rotatable bonds is 7. The van der Waals surface area contributed by atoms with Gasteiger partial charge < -0.3 is 10.1 Å². The van der Waals surface area contributed by atoms with E-state index in [0.29, 0.717) is 11.3 Å². The Morgan fingerprint density at radius 2 is 2.35 bits per heavy atom. The van der Waals surface area contributed by atoms with Crippen molar-refractivity contribution in [3.63, 3.8) is 0 Å². The van der Waals surface area contributed by atoms with E-state index < -0.39 is 63.1 Å². The molecule has 7 nitrogen and oxygen atoms in total. The Bertz CT molecular complexity index is 1080. The third-order valence-corrected chi connectivity index (χ3v) is 8.20. The topological polar surface area (TPSA) is 92.8 Å². The van der Waals surface area contributed by atoms with Crippen LogP contribution in [0.15, 0.2) is 14.5 Å². The minimum atomic E-state index is -4.85. The van der Waals surface area contributed by atoms with Gasteiger partial charge in [-0.15, -0.1) is 11.3 Å². The molecule has 0 unspecified atom stereocenters. The van der Waals surface area contributed by atoms with Crippen molar-refractivity contribution in [2.75, 3.05) is 39.4 Å². The maximum absolute atomic E-state index is 13.2. The van der Waals surface area contributed by atoms with E-state index in [4.69, 9.17) is 12.3 Å². The van der Waals surface area contributed by atoms with E-state index in [-0.39, 0.29) is 20.6 Å². The molecule has 2 heterocycles. The van der Waals surface area contributed by atoms with Crippen molar-refractivity contribution >= 4 is 31.2 Å². The van der Waals surface area contributed by atoms with E-state index in [1.165, 1.54) is 0 Å². The number of nitrogens with zero attached hydrogens (tertiary/aromatic N) is 1. The number of sulfone groups is 1. The molecule has 0 radical (unpaired) electrons. The quantitative estimate of drug-likeness (QED) is 0.740. The number of methoxy groups -OCH3 is 1. The minimum Gasteiger partial charge on any atom is -0.385 e. The van der Waals surface area contributed by atoms with Crippen molar-refractivity contribution in [3.8, 4) is 0 Å². The summed E-state index contributed by atoms with van der Waals surface area (Å²) in [6, 6.07) is 0.212. The van der Waals surface area contributed by atoms with Crippen LogP contribution in [-0.4, -0.2) is 60.6 Å². The van der Waals surface area contributed by atoms with Crippen molar-refractivity contribution in [3.05, 3.63) is 11.6 Å². The Labute approximate surface area is 154 Å². The first-order chi connectivity index (χ1) is 14.1. The molecule has 1 aromatic heterocycles. The summed E-state index contributed by atoms with van der Waals surface area (Å²) in [7, 11) is -12.1. The van der Waals surface area contributed by atoms with Crippen LogP contribution >= 0.6 is 11.3 Å². The molecule has 1 atom stereocenters. The Hall–Kier alpha value is -0.520. The van der Waals surface area contributed by atoms with E-state index in [9.17, 15) is 16.8 Å². The third kappa shape index (κ3) is 3.94. The van der Waals surface area contributed by atoms with Crippen LogP contribution in [0.2, 0.25) is 0 Å². The summed E-state index contributed by atoms with van der Waals surface area (Å²) in [5.74, 6) is 0. The zero-order chi connectivity index (χ0) is 25.1. The highest BCUT2D eigenvalue weighted by Gasteiger charge is 2.39. The Balaban J connectivity index is 2.68. The second-order valence-corrected chi connectivity index (χ2v) is 10.0. The van der Waals surface area contributed by atoms with Gasteiger partial charge in [-0.3, -0.25) is 0 Å². The molecule has 1 aromatic rings. The molecule has 1 aliphatic rings. The summed E-state index contributed by atoms with van der Waals surface area (Å²) in [4.78, 5) is 0.